The first-order valence-electron chi connectivity index (χ1n) is 13.4. The summed E-state index contributed by atoms with van der Waals surface area (Å²) in [5.74, 6) is -2.72. The number of amides is 8. The van der Waals surface area contributed by atoms with Crippen LogP contribution < -0.4 is 26.6 Å². The Labute approximate surface area is 235 Å². The van der Waals surface area contributed by atoms with Crippen LogP contribution in [0.25, 0.3) is 0 Å². The quantitative estimate of drug-likeness (QED) is 0.0886. The number of hydrogen-bond acceptors (Lipinski definition) is 8. The second-order valence-corrected chi connectivity index (χ2v) is 11.3. The molecule has 2 aliphatic rings. The van der Waals surface area contributed by atoms with Crippen molar-refractivity contribution in [3.63, 3.8) is 0 Å². The molecule has 15 nitrogen and oxygen atoms in total. The number of likely N-dealkylation sites (tertiary alicyclic amines) is 2. The van der Waals surface area contributed by atoms with Crippen molar-refractivity contribution in [3.05, 3.63) is 0 Å². The maximum absolute atomic E-state index is 11.9. The first kappa shape index (κ1) is 32.4. The van der Waals surface area contributed by atoms with Gasteiger partial charge < -0.3 is 31.5 Å². The van der Waals surface area contributed by atoms with Gasteiger partial charge in [-0.1, -0.05) is 6.92 Å². The summed E-state index contributed by atoms with van der Waals surface area (Å²) in [4.78, 5) is 97.6. The second-order valence-electron chi connectivity index (χ2n) is 9.89. The zero-order valence-electron chi connectivity index (χ0n) is 23.0. The van der Waals surface area contributed by atoms with Gasteiger partial charge in [0.15, 0.2) is 0 Å². The van der Waals surface area contributed by atoms with E-state index >= 15 is 0 Å². The standard InChI is InChI=1S/C24H39N7O8Si/c1-15-5-9-30(23(15)38)8-2-3-17(32)27-13-20(35)29-14-21(36)28-12-19(34)25-6-4-18(33)26-7-10-31-22(37)11-16(40)24(31)39/h15-16H,2-14H2,1,40H3,(H,25,34)(H,26,33)(H,27,32)(H,28,36)(H,29,35). The third-order valence-corrected chi connectivity index (χ3v) is 7.44. The van der Waals surface area contributed by atoms with E-state index in [1.54, 1.807) is 4.90 Å². The Bertz CT molecular complexity index is 1010. The number of carbonyl (C=O) groups is 8. The summed E-state index contributed by atoms with van der Waals surface area (Å²) in [6.07, 6.45) is 1.69. The van der Waals surface area contributed by atoms with Crippen molar-refractivity contribution in [1.82, 2.24) is 36.4 Å². The Balaban J connectivity index is 1.45. The van der Waals surface area contributed by atoms with Crippen LogP contribution >= 0.6 is 0 Å². The number of imide groups is 1. The summed E-state index contributed by atoms with van der Waals surface area (Å²) in [6, 6.07) is 0. The van der Waals surface area contributed by atoms with Crippen molar-refractivity contribution in [3.8, 4) is 0 Å². The fourth-order valence-corrected chi connectivity index (χ4v) is 4.81. The van der Waals surface area contributed by atoms with Gasteiger partial charge in [-0.2, -0.15) is 0 Å². The molecule has 0 aromatic rings. The summed E-state index contributed by atoms with van der Waals surface area (Å²) in [7, 11) is 0.609. The van der Waals surface area contributed by atoms with E-state index in [4.69, 9.17) is 0 Å². The van der Waals surface area contributed by atoms with Crippen LogP contribution in [-0.4, -0.2) is 120 Å². The summed E-state index contributed by atoms with van der Waals surface area (Å²) >= 11 is 0. The molecule has 2 unspecified atom stereocenters. The largest absolute Gasteiger partial charge is 0.354 e. The van der Waals surface area contributed by atoms with Gasteiger partial charge in [-0.05, 0) is 12.8 Å². The molecule has 2 fully saturated rings. The van der Waals surface area contributed by atoms with Gasteiger partial charge in [-0.25, -0.2) is 0 Å². The number of carbonyl (C=O) groups excluding carboxylic acids is 8. The molecule has 0 aromatic heterocycles. The third kappa shape index (κ3) is 11.1. The van der Waals surface area contributed by atoms with Crippen molar-refractivity contribution < 1.29 is 38.4 Å². The van der Waals surface area contributed by atoms with Gasteiger partial charge >= 0.3 is 0 Å². The number of nitrogens with one attached hydrogen (secondary N) is 5. The average Bonchev–Trinajstić information content (AvgIpc) is 3.36. The molecule has 5 N–H and O–H groups in total. The predicted molar refractivity (Wildman–Crippen MR) is 144 cm³/mol. The molecule has 8 amide bonds. The van der Waals surface area contributed by atoms with Crippen LogP contribution in [0.1, 0.15) is 39.0 Å². The minimum absolute atomic E-state index is 0.0213. The highest BCUT2D eigenvalue weighted by Gasteiger charge is 2.34. The zero-order chi connectivity index (χ0) is 29.7. The van der Waals surface area contributed by atoms with Crippen LogP contribution in [0.4, 0.5) is 0 Å². The smallest absolute Gasteiger partial charge is 0.239 e. The first-order chi connectivity index (χ1) is 19.0. The normalized spacial score (nSPS) is 18.6. The Morgan fingerprint density at radius 2 is 1.30 bits per heavy atom. The summed E-state index contributed by atoms with van der Waals surface area (Å²) in [5.41, 5.74) is -0.206. The minimum Gasteiger partial charge on any atom is -0.354 e. The Morgan fingerprint density at radius 1 is 0.750 bits per heavy atom. The van der Waals surface area contributed by atoms with Crippen LogP contribution in [0, 0.1) is 5.92 Å². The molecule has 0 radical (unpaired) electrons. The van der Waals surface area contributed by atoms with Crippen LogP contribution in [-0.2, 0) is 38.4 Å². The Kier molecular flexibility index (Phi) is 13.2. The number of hydrogen-bond donors (Lipinski definition) is 5. The molecule has 0 spiro atoms. The maximum Gasteiger partial charge on any atom is 0.239 e. The SMILES string of the molecule is CC1CCN(CCCC(=O)NCC(=O)NCC(=O)NCC(=O)NCCC(=O)NCCN2C(=O)CC([SiH3])C2=O)C1=O. The topological polar surface area (TPSA) is 203 Å². The van der Waals surface area contributed by atoms with Crippen LogP contribution in [0.15, 0.2) is 0 Å². The fraction of sp³-hybridized carbons (Fsp3) is 0.667. The lowest BCUT2D eigenvalue weighted by Gasteiger charge is -2.15. The third-order valence-electron chi connectivity index (χ3n) is 6.54. The van der Waals surface area contributed by atoms with Gasteiger partial charge in [-0.3, -0.25) is 43.3 Å². The molecule has 0 saturated carbocycles. The molecule has 16 heteroatoms. The van der Waals surface area contributed by atoms with Crippen molar-refractivity contribution in [2.75, 3.05) is 52.4 Å². The molecular formula is C24H39N7O8Si. The van der Waals surface area contributed by atoms with E-state index in [0.717, 1.165) is 11.3 Å². The molecule has 40 heavy (non-hydrogen) atoms. The zero-order valence-corrected chi connectivity index (χ0v) is 25.0. The molecule has 0 aromatic carbocycles. The van der Waals surface area contributed by atoms with Crippen LogP contribution in [0.5, 0.6) is 0 Å². The summed E-state index contributed by atoms with van der Waals surface area (Å²) in [6.45, 7) is 2.29. The van der Waals surface area contributed by atoms with Crippen LogP contribution in [0.2, 0.25) is 5.54 Å². The van der Waals surface area contributed by atoms with Gasteiger partial charge in [-0.15, -0.1) is 0 Å². The maximum atomic E-state index is 11.9. The van der Waals surface area contributed by atoms with Crippen molar-refractivity contribution >= 4 is 57.5 Å². The Morgan fingerprint density at radius 3 is 1.85 bits per heavy atom. The molecule has 0 bridgehead atoms. The molecule has 2 saturated heterocycles. The predicted octanol–water partition coefficient (Wildman–Crippen LogP) is -4.48. The summed E-state index contributed by atoms with van der Waals surface area (Å²) < 4.78 is 0. The van der Waals surface area contributed by atoms with Crippen molar-refractivity contribution in [2.45, 2.75) is 44.6 Å². The van der Waals surface area contributed by atoms with Gasteiger partial charge in [0.25, 0.3) is 0 Å². The number of nitrogens with zero attached hydrogens (tertiary/aromatic N) is 2. The molecule has 222 valence electrons. The highest BCUT2D eigenvalue weighted by molar-refractivity contribution is 6.29. The fourth-order valence-electron chi connectivity index (χ4n) is 4.15. The summed E-state index contributed by atoms with van der Waals surface area (Å²) in [5, 5.41) is 12.2. The van der Waals surface area contributed by atoms with E-state index in [9.17, 15) is 38.4 Å². The second kappa shape index (κ2) is 16.3. The van der Waals surface area contributed by atoms with Crippen molar-refractivity contribution in [2.24, 2.45) is 5.92 Å². The van der Waals surface area contributed by atoms with Gasteiger partial charge in [0.05, 0.1) is 19.6 Å². The lowest BCUT2D eigenvalue weighted by atomic mass is 10.1. The lowest BCUT2D eigenvalue weighted by Crippen LogP contribution is -2.44. The Hall–Kier alpha value is -3.82. The average molecular weight is 582 g/mol. The molecule has 2 aliphatic heterocycles. The molecular weight excluding hydrogens is 542 g/mol. The van der Waals surface area contributed by atoms with Gasteiger partial charge in [0, 0.05) is 73.7 Å². The molecule has 2 heterocycles. The highest BCUT2D eigenvalue weighted by Crippen LogP contribution is 2.20. The van der Waals surface area contributed by atoms with E-state index in [0.29, 0.717) is 29.8 Å². The molecule has 2 rings (SSSR count). The van der Waals surface area contributed by atoms with E-state index < -0.39 is 17.7 Å². The highest BCUT2D eigenvalue weighted by atomic mass is 28.1. The number of rotatable bonds is 16. The van der Waals surface area contributed by atoms with E-state index in [1.165, 1.54) is 0 Å². The monoisotopic (exact) mass is 581 g/mol. The van der Waals surface area contributed by atoms with E-state index in [1.807, 2.05) is 6.92 Å². The van der Waals surface area contributed by atoms with Crippen molar-refractivity contribution in [1.29, 1.82) is 0 Å². The van der Waals surface area contributed by atoms with Gasteiger partial charge in [0.2, 0.25) is 47.3 Å². The molecule has 0 aliphatic carbocycles. The van der Waals surface area contributed by atoms with Crippen LogP contribution in [0.3, 0.4) is 0 Å². The minimum atomic E-state index is -0.611. The molecule has 2 atom stereocenters. The van der Waals surface area contributed by atoms with E-state index in [2.05, 4.69) is 26.6 Å². The van der Waals surface area contributed by atoms with Gasteiger partial charge in [0.1, 0.15) is 0 Å². The lowest BCUT2D eigenvalue weighted by molar-refractivity contribution is -0.139. The van der Waals surface area contributed by atoms with E-state index in [-0.39, 0.29) is 99.5 Å². The first-order valence-corrected chi connectivity index (χ1v) is 14.6.